The molecule has 0 saturated carbocycles. The molecule has 1 unspecified atom stereocenters. The van der Waals surface area contributed by atoms with E-state index in [9.17, 15) is 14.7 Å². The van der Waals surface area contributed by atoms with E-state index >= 15 is 0 Å². The lowest BCUT2D eigenvalue weighted by molar-refractivity contribution is -0.0529. The van der Waals surface area contributed by atoms with Crippen LogP contribution in [0.1, 0.15) is 6.23 Å². The summed E-state index contributed by atoms with van der Waals surface area (Å²) in [4.78, 5) is 27.2. The molecule has 2 heterocycles. The number of aliphatic hydroxyl groups excluding tert-OH is 1. The average Bonchev–Trinajstić information content (AvgIpc) is 2.67. The fourth-order valence-corrected chi connectivity index (χ4v) is 1.89. The van der Waals surface area contributed by atoms with Gasteiger partial charge in [-0.15, -0.1) is 0 Å². The van der Waals surface area contributed by atoms with Crippen molar-refractivity contribution in [3.63, 3.8) is 0 Å². The molecule has 1 fully saturated rings. The number of aromatic amines is 1. The van der Waals surface area contributed by atoms with Gasteiger partial charge in [0.15, 0.2) is 12.5 Å². The van der Waals surface area contributed by atoms with Crippen molar-refractivity contribution < 1.29 is 14.6 Å². The van der Waals surface area contributed by atoms with Gasteiger partial charge in [0.25, 0.3) is 5.56 Å². The Morgan fingerprint density at radius 1 is 1.63 bits per heavy atom. The third kappa shape index (κ3) is 2.37. The Labute approximate surface area is 105 Å². The molecule has 1 aliphatic rings. The van der Waals surface area contributed by atoms with Crippen LogP contribution in [0, 0.1) is 0 Å². The van der Waals surface area contributed by atoms with E-state index in [2.05, 4.69) is 15.0 Å². The largest absolute Gasteiger partial charge is 0.387 e. The molecule has 102 valence electrons. The molecule has 10 nitrogen and oxygen atoms in total. The van der Waals surface area contributed by atoms with Gasteiger partial charge < -0.3 is 14.6 Å². The van der Waals surface area contributed by atoms with Crippen molar-refractivity contribution in [2.75, 3.05) is 7.11 Å². The van der Waals surface area contributed by atoms with Crippen LogP contribution in [0.2, 0.25) is 0 Å². The molecule has 1 aromatic rings. The molecule has 1 aromatic heterocycles. The van der Waals surface area contributed by atoms with Crippen LogP contribution in [0.4, 0.5) is 0 Å². The van der Waals surface area contributed by atoms with E-state index < -0.39 is 35.9 Å². The summed E-state index contributed by atoms with van der Waals surface area (Å²) < 4.78 is 11.4. The second-order valence-corrected chi connectivity index (χ2v) is 3.83. The number of H-pyrrole nitrogens is 1. The molecule has 10 heteroatoms. The van der Waals surface area contributed by atoms with Gasteiger partial charge in [0.05, 0.1) is 0 Å². The summed E-state index contributed by atoms with van der Waals surface area (Å²) in [7, 11) is 1.32. The number of azide groups is 1. The van der Waals surface area contributed by atoms with Gasteiger partial charge >= 0.3 is 5.69 Å². The highest BCUT2D eigenvalue weighted by molar-refractivity contribution is 4.93. The summed E-state index contributed by atoms with van der Waals surface area (Å²) in [5.74, 6) is 0. The topological polar surface area (TPSA) is 142 Å². The minimum absolute atomic E-state index is 0.555. The normalized spacial score (nSPS) is 30.0. The highest BCUT2D eigenvalue weighted by Crippen LogP contribution is 2.30. The first-order chi connectivity index (χ1) is 9.08. The molecule has 19 heavy (non-hydrogen) atoms. The number of hydrogen-bond donors (Lipinski definition) is 2. The molecule has 0 aromatic carbocycles. The summed E-state index contributed by atoms with van der Waals surface area (Å²) in [6.07, 6.45) is -3.08. The van der Waals surface area contributed by atoms with Crippen LogP contribution in [-0.4, -0.2) is 40.2 Å². The fourth-order valence-electron chi connectivity index (χ4n) is 1.89. The molecular weight excluding hydrogens is 258 g/mol. The van der Waals surface area contributed by atoms with Crippen molar-refractivity contribution in [1.29, 1.82) is 0 Å². The van der Waals surface area contributed by atoms with Crippen LogP contribution in [0.15, 0.2) is 27.0 Å². The lowest BCUT2D eigenvalue weighted by Gasteiger charge is -2.19. The second-order valence-electron chi connectivity index (χ2n) is 3.83. The van der Waals surface area contributed by atoms with E-state index in [1.54, 1.807) is 0 Å². The highest BCUT2D eigenvalue weighted by Gasteiger charge is 2.45. The van der Waals surface area contributed by atoms with Crippen molar-refractivity contribution in [2.45, 2.75) is 24.7 Å². The van der Waals surface area contributed by atoms with Crippen LogP contribution in [0.3, 0.4) is 0 Å². The number of aliphatic hydroxyl groups is 1. The van der Waals surface area contributed by atoms with Gasteiger partial charge in [0.1, 0.15) is 12.2 Å². The Morgan fingerprint density at radius 2 is 2.37 bits per heavy atom. The fraction of sp³-hybridized carbons (Fsp3) is 0.556. The molecule has 1 aliphatic heterocycles. The number of rotatable bonds is 3. The zero-order chi connectivity index (χ0) is 14.0. The summed E-state index contributed by atoms with van der Waals surface area (Å²) in [5.41, 5.74) is 7.09. The first-order valence-corrected chi connectivity index (χ1v) is 5.30. The van der Waals surface area contributed by atoms with Gasteiger partial charge in [-0.05, 0) is 5.53 Å². The molecular formula is C9H11N5O5. The van der Waals surface area contributed by atoms with Gasteiger partial charge in [-0.3, -0.25) is 14.3 Å². The van der Waals surface area contributed by atoms with E-state index in [0.717, 1.165) is 10.6 Å². The Balaban J connectivity index is 2.40. The monoisotopic (exact) mass is 269 g/mol. The number of nitrogens with one attached hydrogen (secondary N) is 1. The molecule has 0 bridgehead atoms. The lowest BCUT2D eigenvalue weighted by Crippen LogP contribution is -2.38. The van der Waals surface area contributed by atoms with Crippen molar-refractivity contribution in [3.05, 3.63) is 43.5 Å². The minimum atomic E-state index is -1.22. The zero-order valence-electron chi connectivity index (χ0n) is 9.83. The number of hydrogen-bond acceptors (Lipinski definition) is 6. The maximum absolute atomic E-state index is 11.6. The quantitative estimate of drug-likeness (QED) is 0.414. The van der Waals surface area contributed by atoms with Crippen LogP contribution < -0.4 is 11.2 Å². The van der Waals surface area contributed by atoms with Crippen molar-refractivity contribution >= 4 is 0 Å². The van der Waals surface area contributed by atoms with Crippen LogP contribution in [0.5, 0.6) is 0 Å². The first kappa shape index (κ1) is 13.3. The van der Waals surface area contributed by atoms with Crippen LogP contribution in [-0.2, 0) is 9.47 Å². The highest BCUT2D eigenvalue weighted by atomic mass is 16.6. The number of methoxy groups -OCH3 is 1. The Kier molecular flexibility index (Phi) is 3.67. The summed E-state index contributed by atoms with van der Waals surface area (Å²) in [6.45, 7) is 0. The Bertz CT molecular complexity index is 618. The molecule has 0 spiro atoms. The van der Waals surface area contributed by atoms with E-state index in [4.69, 9.17) is 15.0 Å². The predicted octanol–water partition coefficient (Wildman–Crippen LogP) is -0.922. The number of ether oxygens (including phenoxy) is 2. The van der Waals surface area contributed by atoms with Gasteiger partial charge in [-0.25, -0.2) is 4.79 Å². The Morgan fingerprint density at radius 3 is 2.95 bits per heavy atom. The molecule has 2 rings (SSSR count). The lowest BCUT2D eigenvalue weighted by atomic mass is 10.2. The molecule has 1 saturated heterocycles. The predicted molar refractivity (Wildman–Crippen MR) is 61.2 cm³/mol. The molecule has 0 radical (unpaired) electrons. The maximum Gasteiger partial charge on any atom is 0.330 e. The van der Waals surface area contributed by atoms with Gasteiger partial charge in [0.2, 0.25) is 0 Å². The zero-order valence-corrected chi connectivity index (χ0v) is 9.83. The minimum Gasteiger partial charge on any atom is -0.387 e. The molecule has 0 aliphatic carbocycles. The molecule has 4 atom stereocenters. The smallest absolute Gasteiger partial charge is 0.330 e. The summed E-state index contributed by atoms with van der Waals surface area (Å²) in [5, 5.41) is 13.1. The van der Waals surface area contributed by atoms with E-state index in [0.29, 0.717) is 0 Å². The van der Waals surface area contributed by atoms with Crippen LogP contribution >= 0.6 is 0 Å². The second kappa shape index (κ2) is 5.24. The first-order valence-electron chi connectivity index (χ1n) is 5.30. The third-order valence-electron chi connectivity index (χ3n) is 2.75. The van der Waals surface area contributed by atoms with Gasteiger partial charge in [0, 0.05) is 24.3 Å². The standard InChI is InChI=1S/C9H11N5O5/c1-18-6-5(16)7(12-13-10)19-8(6)14-3-2-4(15)11-9(14)17/h2-3,5-8,16H,1H3,(H,11,15,17)/t5?,6-,7-,8+/m0/s1. The number of aromatic nitrogens is 2. The maximum atomic E-state index is 11.6. The van der Waals surface area contributed by atoms with E-state index in [-0.39, 0.29) is 0 Å². The third-order valence-corrected chi connectivity index (χ3v) is 2.75. The summed E-state index contributed by atoms with van der Waals surface area (Å²) in [6, 6.07) is 1.13. The van der Waals surface area contributed by atoms with Gasteiger partial charge in [-0.1, -0.05) is 5.11 Å². The van der Waals surface area contributed by atoms with Gasteiger partial charge in [-0.2, -0.15) is 0 Å². The number of nitrogens with zero attached hydrogens (tertiary/aromatic N) is 4. The van der Waals surface area contributed by atoms with Crippen LogP contribution in [0.25, 0.3) is 10.4 Å². The molecule has 2 N–H and O–H groups in total. The SMILES string of the molecule is CO[C@H]1C(O)[C@@H](N=[N+]=[N-])O[C@H]1n1ccc(=O)[nH]c1=O. The molecule has 0 amide bonds. The average molecular weight is 269 g/mol. The van der Waals surface area contributed by atoms with Crippen molar-refractivity contribution in [1.82, 2.24) is 9.55 Å². The van der Waals surface area contributed by atoms with Crippen molar-refractivity contribution in [2.24, 2.45) is 5.11 Å². The Hall–Kier alpha value is -2.13. The van der Waals surface area contributed by atoms with E-state index in [1.165, 1.54) is 13.3 Å². The van der Waals surface area contributed by atoms with E-state index in [1.807, 2.05) is 0 Å². The summed E-state index contributed by atoms with van der Waals surface area (Å²) >= 11 is 0. The van der Waals surface area contributed by atoms with Crippen molar-refractivity contribution in [3.8, 4) is 0 Å².